The summed E-state index contributed by atoms with van der Waals surface area (Å²) < 4.78 is 1.64. The van der Waals surface area contributed by atoms with Gasteiger partial charge in [0.2, 0.25) is 0 Å². The largest absolute Gasteiger partial charge is 0.389 e. The van der Waals surface area contributed by atoms with Gasteiger partial charge in [0.05, 0.1) is 12.3 Å². The normalized spacial score (nSPS) is 13.5. The van der Waals surface area contributed by atoms with Crippen LogP contribution < -0.4 is 0 Å². The van der Waals surface area contributed by atoms with E-state index in [1.165, 1.54) is 0 Å². The zero-order valence-electron chi connectivity index (χ0n) is 6.68. The fourth-order valence-corrected chi connectivity index (χ4v) is 1.04. The lowest BCUT2D eigenvalue weighted by Gasteiger charge is -2.02. The Morgan fingerprint density at radius 2 is 2.42 bits per heavy atom. The Kier molecular flexibility index (Phi) is 1.55. The van der Waals surface area contributed by atoms with E-state index in [-0.39, 0.29) is 0 Å². The van der Waals surface area contributed by atoms with Crippen LogP contribution in [0.2, 0.25) is 0 Å². The molecular formula is C8H9N3O. The van der Waals surface area contributed by atoms with E-state index in [1.54, 1.807) is 30.0 Å². The molecule has 62 valence electrons. The van der Waals surface area contributed by atoms with E-state index in [1.807, 2.05) is 6.07 Å². The highest BCUT2D eigenvalue weighted by Gasteiger charge is 2.02. The second-order valence-corrected chi connectivity index (χ2v) is 2.70. The van der Waals surface area contributed by atoms with Gasteiger partial charge in [0, 0.05) is 24.0 Å². The molecule has 0 aromatic carbocycles. The average Bonchev–Trinajstić information content (AvgIpc) is 2.49. The van der Waals surface area contributed by atoms with Gasteiger partial charge in [-0.1, -0.05) is 0 Å². The zero-order chi connectivity index (χ0) is 8.55. The fourth-order valence-electron chi connectivity index (χ4n) is 1.04. The molecule has 0 amide bonds. The van der Waals surface area contributed by atoms with E-state index in [2.05, 4.69) is 10.1 Å². The van der Waals surface area contributed by atoms with Crippen molar-refractivity contribution in [2.75, 3.05) is 0 Å². The first kappa shape index (κ1) is 7.24. The van der Waals surface area contributed by atoms with Crippen LogP contribution in [-0.4, -0.2) is 19.7 Å². The van der Waals surface area contributed by atoms with Gasteiger partial charge in [-0.2, -0.15) is 5.10 Å². The molecule has 0 aliphatic heterocycles. The van der Waals surface area contributed by atoms with Gasteiger partial charge in [0.25, 0.3) is 0 Å². The van der Waals surface area contributed by atoms with E-state index >= 15 is 0 Å². The minimum atomic E-state index is -0.494. The van der Waals surface area contributed by atoms with Gasteiger partial charge in [-0.25, -0.2) is 9.50 Å². The molecular weight excluding hydrogens is 154 g/mol. The van der Waals surface area contributed by atoms with Crippen molar-refractivity contribution in [1.29, 1.82) is 0 Å². The Morgan fingerprint density at radius 1 is 1.58 bits per heavy atom. The number of nitrogens with zero attached hydrogens (tertiary/aromatic N) is 3. The van der Waals surface area contributed by atoms with Gasteiger partial charge in [-0.05, 0) is 6.92 Å². The van der Waals surface area contributed by atoms with E-state index in [0.29, 0.717) is 0 Å². The van der Waals surface area contributed by atoms with E-state index in [0.717, 1.165) is 11.2 Å². The van der Waals surface area contributed by atoms with Crippen LogP contribution in [0, 0.1) is 0 Å². The topological polar surface area (TPSA) is 50.4 Å². The lowest BCUT2D eigenvalue weighted by molar-refractivity contribution is 0.198. The van der Waals surface area contributed by atoms with Crippen molar-refractivity contribution in [3.63, 3.8) is 0 Å². The predicted octanol–water partition coefficient (Wildman–Crippen LogP) is 0.783. The van der Waals surface area contributed by atoms with Crippen molar-refractivity contribution >= 4 is 5.65 Å². The Morgan fingerprint density at radius 3 is 3.17 bits per heavy atom. The summed E-state index contributed by atoms with van der Waals surface area (Å²) in [6, 6.07) is 1.81. The van der Waals surface area contributed by atoms with Crippen LogP contribution >= 0.6 is 0 Å². The molecule has 1 N–H and O–H groups in total. The highest BCUT2D eigenvalue weighted by Crippen LogP contribution is 2.10. The molecule has 4 heteroatoms. The summed E-state index contributed by atoms with van der Waals surface area (Å²) in [6.07, 6.45) is 4.61. The van der Waals surface area contributed by atoms with Gasteiger partial charge >= 0.3 is 0 Å². The summed E-state index contributed by atoms with van der Waals surface area (Å²) in [5.74, 6) is 0. The van der Waals surface area contributed by atoms with Crippen molar-refractivity contribution in [3.05, 3.63) is 30.2 Å². The number of hydrogen-bond acceptors (Lipinski definition) is 3. The van der Waals surface area contributed by atoms with Crippen LogP contribution in [0.5, 0.6) is 0 Å². The third kappa shape index (κ3) is 1.06. The third-order valence-electron chi connectivity index (χ3n) is 1.75. The van der Waals surface area contributed by atoms with Crippen molar-refractivity contribution in [3.8, 4) is 0 Å². The van der Waals surface area contributed by atoms with Crippen molar-refractivity contribution in [2.24, 2.45) is 0 Å². The molecule has 2 aromatic rings. The molecule has 2 rings (SSSR count). The standard InChI is InChI=1S/C8H9N3O/c1-6(12)7-4-9-8-2-3-10-11(8)5-7/h2-6,12H,1H3/t6-/m0/s1. The zero-order valence-corrected chi connectivity index (χ0v) is 6.68. The van der Waals surface area contributed by atoms with Crippen molar-refractivity contribution < 1.29 is 5.11 Å². The van der Waals surface area contributed by atoms with Gasteiger partial charge in [-0.3, -0.25) is 0 Å². The van der Waals surface area contributed by atoms with E-state index < -0.39 is 6.10 Å². The quantitative estimate of drug-likeness (QED) is 0.676. The summed E-state index contributed by atoms with van der Waals surface area (Å²) in [7, 11) is 0. The molecule has 0 unspecified atom stereocenters. The number of fused-ring (bicyclic) bond motifs is 1. The molecule has 0 saturated carbocycles. The highest BCUT2D eigenvalue weighted by atomic mass is 16.3. The van der Waals surface area contributed by atoms with Gasteiger partial charge < -0.3 is 5.11 Å². The molecule has 4 nitrogen and oxygen atoms in total. The highest BCUT2D eigenvalue weighted by molar-refractivity contribution is 5.36. The first-order chi connectivity index (χ1) is 5.77. The van der Waals surface area contributed by atoms with Crippen molar-refractivity contribution in [1.82, 2.24) is 14.6 Å². The Balaban J connectivity index is 2.60. The van der Waals surface area contributed by atoms with Crippen LogP contribution in [0.1, 0.15) is 18.6 Å². The number of hydrogen-bond donors (Lipinski definition) is 1. The summed E-state index contributed by atoms with van der Waals surface area (Å²) in [5.41, 5.74) is 1.56. The van der Waals surface area contributed by atoms with E-state index in [4.69, 9.17) is 0 Å². The van der Waals surface area contributed by atoms with Crippen molar-refractivity contribution in [2.45, 2.75) is 13.0 Å². The summed E-state index contributed by atoms with van der Waals surface area (Å²) >= 11 is 0. The molecule has 12 heavy (non-hydrogen) atoms. The summed E-state index contributed by atoms with van der Waals surface area (Å²) in [6.45, 7) is 1.70. The van der Waals surface area contributed by atoms with Gasteiger partial charge in [-0.15, -0.1) is 0 Å². The number of aliphatic hydroxyl groups is 1. The Labute approximate surface area is 69.5 Å². The third-order valence-corrected chi connectivity index (χ3v) is 1.75. The molecule has 0 aliphatic rings. The Hall–Kier alpha value is -1.42. The second kappa shape index (κ2) is 2.57. The predicted molar refractivity (Wildman–Crippen MR) is 43.6 cm³/mol. The lowest BCUT2D eigenvalue weighted by Crippen LogP contribution is -1.97. The molecule has 0 spiro atoms. The molecule has 0 bridgehead atoms. The molecule has 0 radical (unpaired) electrons. The van der Waals surface area contributed by atoms with Crippen LogP contribution in [-0.2, 0) is 0 Å². The SMILES string of the molecule is C[C@H](O)c1cnc2ccnn2c1. The monoisotopic (exact) mass is 163 g/mol. The molecule has 0 aliphatic carbocycles. The van der Waals surface area contributed by atoms with E-state index in [9.17, 15) is 5.11 Å². The minimum Gasteiger partial charge on any atom is -0.389 e. The van der Waals surface area contributed by atoms with Crippen LogP contribution in [0.3, 0.4) is 0 Å². The maximum absolute atomic E-state index is 9.24. The van der Waals surface area contributed by atoms with Gasteiger partial charge in [0.1, 0.15) is 0 Å². The first-order valence-electron chi connectivity index (χ1n) is 3.75. The second-order valence-electron chi connectivity index (χ2n) is 2.70. The smallest absolute Gasteiger partial charge is 0.154 e. The average molecular weight is 163 g/mol. The van der Waals surface area contributed by atoms with Crippen LogP contribution in [0.4, 0.5) is 0 Å². The Bertz CT molecular complexity index is 394. The summed E-state index contributed by atoms with van der Waals surface area (Å²) in [5, 5.41) is 13.2. The lowest BCUT2D eigenvalue weighted by atomic mass is 10.2. The summed E-state index contributed by atoms with van der Waals surface area (Å²) in [4.78, 5) is 4.10. The molecule has 2 heterocycles. The number of rotatable bonds is 1. The minimum absolute atomic E-state index is 0.494. The molecule has 0 fully saturated rings. The first-order valence-corrected chi connectivity index (χ1v) is 3.75. The van der Waals surface area contributed by atoms with Crippen LogP contribution in [0.25, 0.3) is 5.65 Å². The molecule has 2 aromatic heterocycles. The molecule has 1 atom stereocenters. The fraction of sp³-hybridized carbons (Fsp3) is 0.250. The number of aromatic nitrogens is 3. The van der Waals surface area contributed by atoms with Gasteiger partial charge in [0.15, 0.2) is 5.65 Å². The maximum Gasteiger partial charge on any atom is 0.154 e. The maximum atomic E-state index is 9.24. The van der Waals surface area contributed by atoms with Crippen LogP contribution in [0.15, 0.2) is 24.7 Å². The molecule has 0 saturated heterocycles. The number of aliphatic hydroxyl groups excluding tert-OH is 1.